The average Bonchev–Trinajstić information content (AvgIpc) is 2.35. The van der Waals surface area contributed by atoms with E-state index in [1.165, 1.54) is 12.1 Å². The molecular formula is C16H25F2N. The van der Waals surface area contributed by atoms with Gasteiger partial charge in [-0.1, -0.05) is 33.6 Å². The Morgan fingerprint density at radius 1 is 1.00 bits per heavy atom. The first-order chi connectivity index (χ1) is 9.10. The lowest BCUT2D eigenvalue weighted by Crippen LogP contribution is -2.38. The predicted molar refractivity (Wildman–Crippen MR) is 76.2 cm³/mol. The van der Waals surface area contributed by atoms with Crippen LogP contribution in [0.15, 0.2) is 18.2 Å². The van der Waals surface area contributed by atoms with Crippen LogP contribution in [0.1, 0.15) is 45.6 Å². The molecule has 1 aromatic rings. The fourth-order valence-corrected chi connectivity index (χ4v) is 2.58. The lowest BCUT2D eigenvalue weighted by atomic mass is 9.89. The van der Waals surface area contributed by atoms with Crippen LogP contribution in [0.4, 0.5) is 8.78 Å². The lowest BCUT2D eigenvalue weighted by Gasteiger charge is -2.26. The molecule has 0 fully saturated rings. The summed E-state index contributed by atoms with van der Waals surface area (Å²) in [7, 11) is 0. The molecule has 0 radical (unpaired) electrons. The van der Waals surface area contributed by atoms with Gasteiger partial charge in [-0.15, -0.1) is 0 Å². The summed E-state index contributed by atoms with van der Waals surface area (Å²) in [6, 6.07) is 4.09. The fraction of sp³-hybridized carbons (Fsp3) is 0.625. The van der Waals surface area contributed by atoms with Gasteiger partial charge in [0.25, 0.3) is 0 Å². The molecule has 1 rings (SSSR count). The largest absolute Gasteiger partial charge is 0.313 e. The number of benzene rings is 1. The Balaban J connectivity index is 2.80. The highest BCUT2D eigenvalue weighted by Gasteiger charge is 2.18. The van der Waals surface area contributed by atoms with Crippen molar-refractivity contribution in [3.8, 4) is 0 Å². The Bertz CT molecular complexity index is 355. The number of nitrogens with one attached hydrogen (secondary N) is 1. The van der Waals surface area contributed by atoms with Crippen LogP contribution in [0.3, 0.4) is 0 Å². The summed E-state index contributed by atoms with van der Waals surface area (Å²) in [6.45, 7) is 7.40. The molecule has 3 heteroatoms. The second-order valence-electron chi connectivity index (χ2n) is 5.12. The van der Waals surface area contributed by atoms with Crippen LogP contribution in [0.2, 0.25) is 0 Å². The van der Waals surface area contributed by atoms with Gasteiger partial charge in [-0.2, -0.15) is 0 Å². The molecule has 19 heavy (non-hydrogen) atoms. The summed E-state index contributed by atoms with van der Waals surface area (Å²) in [5.41, 5.74) is 0.734. The molecule has 0 aliphatic heterocycles. The Morgan fingerprint density at radius 2 is 1.58 bits per heavy atom. The van der Waals surface area contributed by atoms with Gasteiger partial charge in [0.2, 0.25) is 0 Å². The zero-order chi connectivity index (χ0) is 14.3. The molecule has 0 aliphatic carbocycles. The van der Waals surface area contributed by atoms with Crippen LogP contribution in [0, 0.1) is 17.6 Å². The Kier molecular flexibility index (Phi) is 7.00. The van der Waals surface area contributed by atoms with Gasteiger partial charge in [-0.25, -0.2) is 8.78 Å². The molecule has 0 saturated heterocycles. The van der Waals surface area contributed by atoms with E-state index >= 15 is 0 Å². The summed E-state index contributed by atoms with van der Waals surface area (Å²) in [6.07, 6.45) is 3.90. The monoisotopic (exact) mass is 269 g/mol. The molecule has 0 aliphatic rings. The SMILES string of the molecule is CCCNC(Cc1cc(F)cc(F)c1)C(CC)CC. The molecule has 0 saturated carbocycles. The fourth-order valence-electron chi connectivity index (χ4n) is 2.58. The Labute approximate surface area is 115 Å². The van der Waals surface area contributed by atoms with Gasteiger partial charge in [-0.3, -0.25) is 0 Å². The molecule has 1 unspecified atom stereocenters. The maximum Gasteiger partial charge on any atom is 0.126 e. The predicted octanol–water partition coefficient (Wildman–Crippen LogP) is 4.31. The van der Waals surface area contributed by atoms with E-state index in [1.807, 2.05) is 0 Å². The van der Waals surface area contributed by atoms with Gasteiger partial charge in [0.1, 0.15) is 11.6 Å². The summed E-state index contributed by atoms with van der Waals surface area (Å²) < 4.78 is 26.5. The van der Waals surface area contributed by atoms with Crippen LogP contribution in [-0.2, 0) is 6.42 Å². The number of halogens is 2. The minimum atomic E-state index is -0.492. The van der Waals surface area contributed by atoms with Crippen molar-refractivity contribution >= 4 is 0 Å². The highest BCUT2D eigenvalue weighted by molar-refractivity contribution is 5.19. The van der Waals surface area contributed by atoms with Crippen LogP contribution in [0.5, 0.6) is 0 Å². The van der Waals surface area contributed by atoms with Gasteiger partial charge in [0, 0.05) is 12.1 Å². The summed E-state index contributed by atoms with van der Waals surface area (Å²) >= 11 is 0. The summed E-state index contributed by atoms with van der Waals surface area (Å²) in [4.78, 5) is 0. The number of hydrogen-bond acceptors (Lipinski definition) is 1. The highest BCUT2D eigenvalue weighted by atomic mass is 19.1. The third-order valence-corrected chi connectivity index (χ3v) is 3.65. The minimum Gasteiger partial charge on any atom is -0.313 e. The molecule has 0 bridgehead atoms. The zero-order valence-electron chi connectivity index (χ0n) is 12.2. The van der Waals surface area contributed by atoms with Gasteiger partial charge < -0.3 is 5.32 Å². The third-order valence-electron chi connectivity index (χ3n) is 3.65. The second kappa shape index (κ2) is 8.26. The molecule has 108 valence electrons. The van der Waals surface area contributed by atoms with E-state index in [0.717, 1.165) is 37.4 Å². The molecule has 1 nitrogen and oxygen atoms in total. The van der Waals surface area contributed by atoms with E-state index in [0.29, 0.717) is 12.3 Å². The van der Waals surface area contributed by atoms with E-state index in [2.05, 4.69) is 26.1 Å². The first-order valence-electron chi connectivity index (χ1n) is 7.29. The third kappa shape index (κ3) is 5.27. The maximum atomic E-state index is 13.2. The normalized spacial score (nSPS) is 12.9. The molecule has 1 atom stereocenters. The topological polar surface area (TPSA) is 12.0 Å². The Morgan fingerprint density at radius 3 is 2.05 bits per heavy atom. The van der Waals surface area contributed by atoms with Crippen molar-refractivity contribution in [2.75, 3.05) is 6.54 Å². The smallest absolute Gasteiger partial charge is 0.126 e. The summed E-state index contributed by atoms with van der Waals surface area (Å²) in [5, 5.41) is 3.51. The van der Waals surface area contributed by atoms with Crippen LogP contribution >= 0.6 is 0 Å². The van der Waals surface area contributed by atoms with Gasteiger partial charge in [0.05, 0.1) is 0 Å². The maximum absolute atomic E-state index is 13.2. The minimum absolute atomic E-state index is 0.288. The van der Waals surface area contributed by atoms with E-state index < -0.39 is 11.6 Å². The van der Waals surface area contributed by atoms with Crippen molar-refractivity contribution in [1.82, 2.24) is 5.32 Å². The van der Waals surface area contributed by atoms with E-state index in [-0.39, 0.29) is 6.04 Å². The van der Waals surface area contributed by atoms with Crippen LogP contribution in [-0.4, -0.2) is 12.6 Å². The van der Waals surface area contributed by atoms with E-state index in [4.69, 9.17) is 0 Å². The first-order valence-corrected chi connectivity index (χ1v) is 7.29. The molecule has 0 amide bonds. The molecule has 1 aromatic carbocycles. The molecule has 0 heterocycles. The number of rotatable bonds is 8. The first kappa shape index (κ1) is 16.1. The quantitative estimate of drug-likeness (QED) is 0.741. The second-order valence-corrected chi connectivity index (χ2v) is 5.12. The Hall–Kier alpha value is -0.960. The van der Waals surface area contributed by atoms with E-state index in [9.17, 15) is 8.78 Å². The average molecular weight is 269 g/mol. The molecule has 0 spiro atoms. The molecule has 0 aromatic heterocycles. The van der Waals surface area contributed by atoms with Gasteiger partial charge in [-0.05, 0) is 43.0 Å². The van der Waals surface area contributed by atoms with Crippen molar-refractivity contribution in [2.24, 2.45) is 5.92 Å². The highest BCUT2D eigenvalue weighted by Crippen LogP contribution is 2.19. The van der Waals surface area contributed by atoms with Gasteiger partial charge >= 0.3 is 0 Å². The van der Waals surface area contributed by atoms with Crippen molar-refractivity contribution in [1.29, 1.82) is 0 Å². The standard InChI is InChI=1S/C16H25F2N/c1-4-7-19-16(13(5-2)6-3)10-12-8-14(17)11-15(18)9-12/h8-9,11,13,16,19H,4-7,10H2,1-3H3. The van der Waals surface area contributed by atoms with E-state index in [1.54, 1.807) is 0 Å². The lowest BCUT2D eigenvalue weighted by molar-refractivity contribution is 0.331. The van der Waals surface area contributed by atoms with Crippen molar-refractivity contribution < 1.29 is 8.78 Å². The molecule has 1 N–H and O–H groups in total. The molecular weight excluding hydrogens is 244 g/mol. The summed E-state index contributed by atoms with van der Waals surface area (Å²) in [5.74, 6) is -0.444. The number of hydrogen-bond donors (Lipinski definition) is 1. The van der Waals surface area contributed by atoms with Gasteiger partial charge in [0.15, 0.2) is 0 Å². The van der Waals surface area contributed by atoms with Crippen molar-refractivity contribution in [3.05, 3.63) is 35.4 Å². The zero-order valence-corrected chi connectivity index (χ0v) is 12.2. The van der Waals surface area contributed by atoms with Crippen molar-refractivity contribution in [2.45, 2.75) is 52.5 Å². The van der Waals surface area contributed by atoms with Crippen LogP contribution < -0.4 is 5.32 Å². The van der Waals surface area contributed by atoms with Crippen molar-refractivity contribution in [3.63, 3.8) is 0 Å². The van der Waals surface area contributed by atoms with Crippen LogP contribution in [0.25, 0.3) is 0 Å².